The summed E-state index contributed by atoms with van der Waals surface area (Å²) >= 11 is 0. The number of aliphatic hydroxyl groups excluding tert-OH is 1. The van der Waals surface area contributed by atoms with E-state index in [1.165, 1.54) is 0 Å². The maximum absolute atomic E-state index is 9.74. The number of aryl methyl sites for hydroxylation is 1. The van der Waals surface area contributed by atoms with Crippen molar-refractivity contribution in [2.24, 2.45) is 12.8 Å². The Hall–Kier alpha value is -1.66. The summed E-state index contributed by atoms with van der Waals surface area (Å²) in [7, 11) is 3.35. The van der Waals surface area contributed by atoms with E-state index in [4.69, 9.17) is 10.5 Å². The standard InChI is InChI=1S/C10H14N4O2/c1-14-10-7(5-13-14)9(16-2)6(4-12-10)8(15)3-11/h4-5,8,15H,3,11H2,1-2H3. The quantitative estimate of drug-likeness (QED) is 0.761. The fourth-order valence-electron chi connectivity index (χ4n) is 1.68. The second-order valence-electron chi connectivity index (χ2n) is 3.50. The van der Waals surface area contributed by atoms with Crippen molar-refractivity contribution in [3.05, 3.63) is 18.0 Å². The number of nitrogens with two attached hydrogens (primary N) is 1. The molecular formula is C10H14N4O2. The molecule has 1 atom stereocenters. The van der Waals surface area contributed by atoms with Gasteiger partial charge in [0.05, 0.1) is 24.8 Å². The predicted octanol–water partition coefficient (Wildman–Crippen LogP) is -0.0310. The summed E-state index contributed by atoms with van der Waals surface area (Å²) in [4.78, 5) is 4.22. The van der Waals surface area contributed by atoms with Crippen molar-refractivity contribution in [1.29, 1.82) is 0 Å². The third-order valence-corrected chi connectivity index (χ3v) is 2.53. The zero-order valence-corrected chi connectivity index (χ0v) is 9.21. The maximum Gasteiger partial charge on any atom is 0.161 e. The molecule has 1 unspecified atom stereocenters. The molecule has 0 radical (unpaired) electrons. The molecule has 0 fully saturated rings. The van der Waals surface area contributed by atoms with Gasteiger partial charge in [-0.15, -0.1) is 0 Å². The van der Waals surface area contributed by atoms with Crippen LogP contribution in [0.1, 0.15) is 11.7 Å². The molecule has 0 amide bonds. The summed E-state index contributed by atoms with van der Waals surface area (Å²) in [6.07, 6.45) is 2.46. The SMILES string of the molecule is COc1c(C(O)CN)cnc2c1cnn2C. The van der Waals surface area contributed by atoms with Crippen LogP contribution in [0.5, 0.6) is 5.75 Å². The molecule has 2 aromatic heterocycles. The van der Waals surface area contributed by atoms with Crippen molar-refractivity contribution in [2.45, 2.75) is 6.10 Å². The summed E-state index contributed by atoms with van der Waals surface area (Å²) in [5.74, 6) is 0.580. The van der Waals surface area contributed by atoms with Gasteiger partial charge in [-0.3, -0.25) is 4.68 Å². The van der Waals surface area contributed by atoms with Gasteiger partial charge >= 0.3 is 0 Å². The van der Waals surface area contributed by atoms with E-state index in [1.54, 1.807) is 31.2 Å². The summed E-state index contributed by atoms with van der Waals surface area (Å²) < 4.78 is 6.94. The van der Waals surface area contributed by atoms with E-state index in [2.05, 4.69) is 10.1 Å². The predicted molar refractivity (Wildman–Crippen MR) is 59.1 cm³/mol. The van der Waals surface area contributed by atoms with Gasteiger partial charge in [0.1, 0.15) is 5.75 Å². The number of rotatable bonds is 3. The zero-order valence-electron chi connectivity index (χ0n) is 9.21. The fourth-order valence-corrected chi connectivity index (χ4v) is 1.68. The minimum atomic E-state index is -0.771. The molecule has 86 valence electrons. The first-order chi connectivity index (χ1) is 7.69. The molecule has 2 heterocycles. The third-order valence-electron chi connectivity index (χ3n) is 2.53. The van der Waals surface area contributed by atoms with Gasteiger partial charge in [0.2, 0.25) is 0 Å². The normalized spacial score (nSPS) is 13.0. The Morgan fingerprint density at radius 3 is 2.94 bits per heavy atom. The molecule has 6 heteroatoms. The number of fused-ring (bicyclic) bond motifs is 1. The van der Waals surface area contributed by atoms with Gasteiger partial charge in [0.25, 0.3) is 0 Å². The first-order valence-corrected chi connectivity index (χ1v) is 4.91. The zero-order chi connectivity index (χ0) is 11.7. The van der Waals surface area contributed by atoms with Crippen molar-refractivity contribution in [2.75, 3.05) is 13.7 Å². The smallest absolute Gasteiger partial charge is 0.161 e. The monoisotopic (exact) mass is 222 g/mol. The number of methoxy groups -OCH3 is 1. The number of aliphatic hydroxyl groups is 1. The van der Waals surface area contributed by atoms with Gasteiger partial charge in [0.15, 0.2) is 5.65 Å². The molecule has 2 aromatic rings. The lowest BCUT2D eigenvalue weighted by molar-refractivity contribution is 0.182. The van der Waals surface area contributed by atoms with E-state index in [1.807, 2.05) is 0 Å². The summed E-state index contributed by atoms with van der Waals surface area (Å²) in [6.45, 7) is 0.129. The number of pyridine rings is 1. The van der Waals surface area contributed by atoms with Gasteiger partial charge < -0.3 is 15.6 Å². The van der Waals surface area contributed by atoms with E-state index < -0.39 is 6.10 Å². The van der Waals surface area contributed by atoms with Crippen molar-refractivity contribution in [1.82, 2.24) is 14.8 Å². The Morgan fingerprint density at radius 2 is 2.31 bits per heavy atom. The fraction of sp³-hybridized carbons (Fsp3) is 0.400. The first kappa shape index (κ1) is 10.8. The highest BCUT2D eigenvalue weighted by Crippen LogP contribution is 2.31. The van der Waals surface area contributed by atoms with Gasteiger partial charge in [-0.2, -0.15) is 5.10 Å². The molecule has 0 aliphatic rings. The summed E-state index contributed by atoms with van der Waals surface area (Å²) in [5.41, 5.74) is 6.72. The van der Waals surface area contributed by atoms with E-state index >= 15 is 0 Å². The van der Waals surface area contributed by atoms with Crippen LogP contribution in [-0.2, 0) is 7.05 Å². The molecule has 0 saturated heterocycles. The number of ether oxygens (including phenoxy) is 1. The summed E-state index contributed by atoms with van der Waals surface area (Å²) in [6, 6.07) is 0. The second kappa shape index (κ2) is 4.07. The Kier molecular flexibility index (Phi) is 2.76. The highest BCUT2D eigenvalue weighted by molar-refractivity contribution is 5.83. The van der Waals surface area contributed by atoms with Gasteiger partial charge in [-0.25, -0.2) is 4.98 Å². The van der Waals surface area contributed by atoms with Gasteiger partial charge in [-0.1, -0.05) is 0 Å². The van der Waals surface area contributed by atoms with Crippen LogP contribution in [0.4, 0.5) is 0 Å². The summed E-state index contributed by atoms with van der Waals surface area (Å²) in [5, 5.41) is 14.6. The van der Waals surface area contributed by atoms with Crippen LogP contribution in [0, 0.1) is 0 Å². The van der Waals surface area contributed by atoms with Crippen molar-refractivity contribution < 1.29 is 9.84 Å². The average molecular weight is 222 g/mol. The molecule has 16 heavy (non-hydrogen) atoms. The molecular weight excluding hydrogens is 208 g/mol. The molecule has 0 aliphatic carbocycles. The molecule has 0 bridgehead atoms. The second-order valence-corrected chi connectivity index (χ2v) is 3.50. The molecule has 6 nitrogen and oxygen atoms in total. The molecule has 0 aliphatic heterocycles. The Labute approximate surface area is 92.6 Å². The van der Waals surface area contributed by atoms with Crippen LogP contribution in [0.25, 0.3) is 11.0 Å². The van der Waals surface area contributed by atoms with Crippen LogP contribution in [0.15, 0.2) is 12.4 Å². The number of hydrogen-bond acceptors (Lipinski definition) is 5. The molecule has 3 N–H and O–H groups in total. The molecule has 2 rings (SSSR count). The molecule has 0 aromatic carbocycles. The minimum Gasteiger partial charge on any atom is -0.495 e. The van der Waals surface area contributed by atoms with Crippen LogP contribution in [0.3, 0.4) is 0 Å². The largest absolute Gasteiger partial charge is 0.495 e. The van der Waals surface area contributed by atoms with Gasteiger partial charge in [0, 0.05) is 25.4 Å². The highest BCUT2D eigenvalue weighted by atomic mass is 16.5. The van der Waals surface area contributed by atoms with E-state index in [0.717, 1.165) is 5.39 Å². The van der Waals surface area contributed by atoms with Crippen molar-refractivity contribution >= 4 is 11.0 Å². The lowest BCUT2D eigenvalue weighted by atomic mass is 10.1. The van der Waals surface area contributed by atoms with Crippen LogP contribution in [-0.4, -0.2) is 33.5 Å². The van der Waals surface area contributed by atoms with E-state index in [9.17, 15) is 5.11 Å². The van der Waals surface area contributed by atoms with Crippen molar-refractivity contribution in [3.63, 3.8) is 0 Å². The van der Waals surface area contributed by atoms with Gasteiger partial charge in [-0.05, 0) is 0 Å². The Bertz CT molecular complexity index is 509. The lowest BCUT2D eigenvalue weighted by Gasteiger charge is -2.13. The third kappa shape index (κ3) is 1.52. The van der Waals surface area contributed by atoms with Crippen LogP contribution < -0.4 is 10.5 Å². The Morgan fingerprint density at radius 1 is 1.56 bits per heavy atom. The topological polar surface area (TPSA) is 86.2 Å². The number of hydrogen-bond donors (Lipinski definition) is 2. The molecule has 0 saturated carbocycles. The van der Waals surface area contributed by atoms with Crippen LogP contribution >= 0.6 is 0 Å². The minimum absolute atomic E-state index is 0.129. The van der Waals surface area contributed by atoms with Crippen molar-refractivity contribution in [3.8, 4) is 5.75 Å². The molecule has 0 spiro atoms. The number of aromatic nitrogens is 3. The first-order valence-electron chi connectivity index (χ1n) is 4.91. The van der Waals surface area contributed by atoms with E-state index in [0.29, 0.717) is 17.0 Å². The van der Waals surface area contributed by atoms with Crippen LogP contribution in [0.2, 0.25) is 0 Å². The Balaban J connectivity index is 2.68. The maximum atomic E-state index is 9.74. The van der Waals surface area contributed by atoms with E-state index in [-0.39, 0.29) is 6.54 Å². The lowest BCUT2D eigenvalue weighted by Crippen LogP contribution is -2.13. The number of nitrogens with zero attached hydrogens (tertiary/aromatic N) is 3. The highest BCUT2D eigenvalue weighted by Gasteiger charge is 2.17. The average Bonchev–Trinajstić information content (AvgIpc) is 2.69.